The van der Waals surface area contributed by atoms with Crippen molar-refractivity contribution in [3.05, 3.63) is 252 Å². The molecular formula is C69H52N2O2. The van der Waals surface area contributed by atoms with Crippen LogP contribution in [0.1, 0.15) is 51.7 Å². The van der Waals surface area contributed by atoms with E-state index in [-0.39, 0.29) is 5.41 Å². The zero-order valence-electron chi connectivity index (χ0n) is 41.4. The van der Waals surface area contributed by atoms with Gasteiger partial charge in [0.15, 0.2) is 11.5 Å². The summed E-state index contributed by atoms with van der Waals surface area (Å²) in [7, 11) is 0. The van der Waals surface area contributed by atoms with E-state index in [1.807, 2.05) is 6.07 Å². The monoisotopic (exact) mass is 940 g/mol. The molecule has 14 rings (SSSR count). The molecule has 4 heteroatoms. The highest BCUT2D eigenvalue weighted by molar-refractivity contribution is 6.23. The number of anilines is 4. The summed E-state index contributed by atoms with van der Waals surface area (Å²) in [6.45, 7) is 8.89. The van der Waals surface area contributed by atoms with E-state index < -0.39 is 0 Å². The van der Waals surface area contributed by atoms with Crippen molar-refractivity contribution >= 4 is 55.1 Å². The average molecular weight is 941 g/mol. The minimum absolute atomic E-state index is 0.182. The van der Waals surface area contributed by atoms with Gasteiger partial charge in [0.25, 0.3) is 0 Å². The first-order valence-electron chi connectivity index (χ1n) is 25.6. The van der Waals surface area contributed by atoms with E-state index >= 15 is 0 Å². The highest BCUT2D eigenvalue weighted by Crippen LogP contribution is 2.54. The van der Waals surface area contributed by atoms with Crippen LogP contribution in [0, 0.1) is 0 Å². The van der Waals surface area contributed by atoms with Crippen molar-refractivity contribution in [3.63, 3.8) is 0 Å². The van der Waals surface area contributed by atoms with Crippen molar-refractivity contribution in [2.75, 3.05) is 9.80 Å². The largest absolute Gasteiger partial charge is 0.458 e. The lowest BCUT2D eigenvalue weighted by Crippen LogP contribution is -2.24. The molecule has 350 valence electrons. The number of allylic oxidation sites excluding steroid dienone is 6. The van der Waals surface area contributed by atoms with E-state index in [2.05, 4.69) is 250 Å². The van der Waals surface area contributed by atoms with Gasteiger partial charge in [-0.3, -0.25) is 0 Å². The SMILES string of the molecule is C/C=C\C1=C(C)Oc2ccccc2N1c1ccc2c(-c3cccc(-c4ccc5ccccc5c4)c3)c3cc(N4C5=C(CCC=C5)Oc5ccccc54)ccc3c(-c3ccc4c(c3)C(C)(C)c3ccccc3-4)c2c1. The molecule has 2 aliphatic carbocycles. The van der Waals surface area contributed by atoms with Gasteiger partial charge in [-0.2, -0.15) is 0 Å². The van der Waals surface area contributed by atoms with Gasteiger partial charge in [0, 0.05) is 23.2 Å². The fraction of sp³-hybridized carbons (Fsp3) is 0.101. The van der Waals surface area contributed by atoms with Crippen molar-refractivity contribution in [1.29, 1.82) is 0 Å². The fourth-order valence-electron chi connectivity index (χ4n) is 12.2. The Bertz CT molecular complexity index is 4110. The van der Waals surface area contributed by atoms with Crippen molar-refractivity contribution in [3.8, 4) is 56.0 Å². The molecule has 0 saturated carbocycles. The summed E-state index contributed by atoms with van der Waals surface area (Å²) in [6, 6.07) is 71.9. The molecule has 0 saturated heterocycles. The molecule has 0 aromatic heterocycles. The fourth-order valence-corrected chi connectivity index (χ4v) is 12.2. The molecule has 0 fully saturated rings. The summed E-state index contributed by atoms with van der Waals surface area (Å²) in [5, 5.41) is 7.18. The molecule has 0 unspecified atom stereocenters. The second kappa shape index (κ2) is 16.6. The Morgan fingerprint density at radius 1 is 0.493 bits per heavy atom. The number of rotatable bonds is 6. The maximum Gasteiger partial charge on any atom is 0.151 e. The topological polar surface area (TPSA) is 24.9 Å². The Balaban J connectivity index is 1.09. The molecule has 2 heterocycles. The van der Waals surface area contributed by atoms with Crippen LogP contribution in [0.25, 0.3) is 76.8 Å². The third-order valence-electron chi connectivity index (χ3n) is 15.7. The predicted octanol–water partition coefficient (Wildman–Crippen LogP) is 18.9. The zero-order chi connectivity index (χ0) is 49.0. The molecule has 10 aromatic rings. The Kier molecular flexibility index (Phi) is 9.78. The number of para-hydroxylation sites is 4. The van der Waals surface area contributed by atoms with Crippen LogP contribution in [0.2, 0.25) is 0 Å². The summed E-state index contributed by atoms with van der Waals surface area (Å²) < 4.78 is 13.1. The van der Waals surface area contributed by atoms with Crippen molar-refractivity contribution in [2.45, 2.75) is 46.0 Å². The summed E-state index contributed by atoms with van der Waals surface area (Å²) in [5.74, 6) is 3.57. The molecule has 4 aliphatic rings. The van der Waals surface area contributed by atoms with Gasteiger partial charge in [-0.25, -0.2) is 0 Å². The molecule has 0 N–H and O–H groups in total. The lowest BCUT2D eigenvalue weighted by Gasteiger charge is -2.35. The molecule has 0 bridgehead atoms. The van der Waals surface area contributed by atoms with Crippen LogP contribution in [0.15, 0.2) is 241 Å². The lowest BCUT2D eigenvalue weighted by molar-refractivity contribution is 0.388. The van der Waals surface area contributed by atoms with Crippen LogP contribution in [-0.2, 0) is 5.41 Å². The Hall–Kier alpha value is -8.86. The number of hydrogen-bond acceptors (Lipinski definition) is 4. The minimum atomic E-state index is -0.182. The highest BCUT2D eigenvalue weighted by Gasteiger charge is 2.36. The quantitative estimate of drug-likeness (QED) is 0.155. The first-order valence-corrected chi connectivity index (χ1v) is 25.6. The van der Waals surface area contributed by atoms with E-state index in [0.29, 0.717) is 0 Å². The number of ether oxygens (including phenoxy) is 2. The number of fused-ring (bicyclic) bond motifs is 8. The molecule has 2 aliphatic heterocycles. The second-order valence-corrected chi connectivity index (χ2v) is 20.3. The molecule has 0 atom stereocenters. The van der Waals surface area contributed by atoms with Gasteiger partial charge >= 0.3 is 0 Å². The van der Waals surface area contributed by atoms with Crippen LogP contribution in [-0.4, -0.2) is 0 Å². The minimum Gasteiger partial charge on any atom is -0.458 e. The third-order valence-corrected chi connectivity index (χ3v) is 15.7. The smallest absolute Gasteiger partial charge is 0.151 e. The number of nitrogens with zero attached hydrogens (tertiary/aromatic N) is 2. The zero-order valence-corrected chi connectivity index (χ0v) is 41.4. The molecule has 0 radical (unpaired) electrons. The molecule has 0 spiro atoms. The molecule has 73 heavy (non-hydrogen) atoms. The molecular weight excluding hydrogens is 889 g/mol. The van der Waals surface area contributed by atoms with Gasteiger partial charge in [-0.1, -0.05) is 153 Å². The maximum absolute atomic E-state index is 6.64. The molecule has 4 nitrogen and oxygen atoms in total. The Labute approximate surface area is 426 Å². The molecule has 0 amide bonds. The van der Waals surface area contributed by atoms with Gasteiger partial charge in [0.1, 0.15) is 11.5 Å². The van der Waals surface area contributed by atoms with Gasteiger partial charge in [0.2, 0.25) is 0 Å². The normalized spacial score (nSPS) is 15.3. The van der Waals surface area contributed by atoms with Crippen molar-refractivity contribution in [2.24, 2.45) is 0 Å². The first kappa shape index (κ1) is 43.0. The van der Waals surface area contributed by atoms with Gasteiger partial charge in [0.05, 0.1) is 22.8 Å². The second-order valence-electron chi connectivity index (χ2n) is 20.3. The van der Waals surface area contributed by atoms with Crippen LogP contribution < -0.4 is 19.3 Å². The van der Waals surface area contributed by atoms with Gasteiger partial charge < -0.3 is 19.3 Å². The van der Waals surface area contributed by atoms with Crippen LogP contribution >= 0.6 is 0 Å². The third kappa shape index (κ3) is 6.74. The number of benzene rings is 10. The summed E-state index contributed by atoms with van der Waals surface area (Å²) in [5.41, 5.74) is 18.5. The van der Waals surface area contributed by atoms with Gasteiger partial charge in [-0.05, 0) is 187 Å². The van der Waals surface area contributed by atoms with E-state index in [4.69, 9.17) is 9.47 Å². The van der Waals surface area contributed by atoms with E-state index in [1.165, 1.54) is 82.4 Å². The summed E-state index contributed by atoms with van der Waals surface area (Å²) >= 11 is 0. The standard InChI is InChI=1S/C69H52N2O2/c1-5-17-60-43(2)72-64-27-13-10-24-61(64)70(60)50-33-36-54-57(41-50)68(49-32-35-53-52-22-8-9-23-58(52)69(3,4)59(53)40-49)55-37-34-51(71-62-25-11-14-28-65(62)73-66-29-15-12-26-63(66)71)42-56(55)67(54)48-21-16-20-46(39-48)47-31-30-44-18-6-7-19-45(44)38-47/h5-14,16-28,30-42H,15,29H2,1-4H3/b17-5-. The van der Waals surface area contributed by atoms with Crippen molar-refractivity contribution < 1.29 is 9.47 Å². The highest BCUT2D eigenvalue weighted by atomic mass is 16.5. The summed E-state index contributed by atoms with van der Waals surface area (Å²) in [6.07, 6.45) is 10.6. The average Bonchev–Trinajstić information content (AvgIpc) is 3.66. The van der Waals surface area contributed by atoms with Crippen LogP contribution in [0.5, 0.6) is 11.5 Å². The van der Waals surface area contributed by atoms with Crippen LogP contribution in [0.3, 0.4) is 0 Å². The summed E-state index contributed by atoms with van der Waals surface area (Å²) in [4.78, 5) is 4.78. The van der Waals surface area contributed by atoms with E-state index in [1.54, 1.807) is 0 Å². The van der Waals surface area contributed by atoms with Gasteiger partial charge in [-0.15, -0.1) is 0 Å². The first-order chi connectivity index (χ1) is 35.8. The van der Waals surface area contributed by atoms with E-state index in [9.17, 15) is 0 Å². The number of hydrogen-bond donors (Lipinski definition) is 0. The lowest BCUT2D eigenvalue weighted by atomic mass is 9.80. The van der Waals surface area contributed by atoms with Crippen molar-refractivity contribution in [1.82, 2.24) is 0 Å². The van der Waals surface area contributed by atoms with E-state index in [0.717, 1.165) is 75.6 Å². The Morgan fingerprint density at radius 3 is 1.89 bits per heavy atom. The predicted molar refractivity (Wildman–Crippen MR) is 304 cm³/mol. The maximum atomic E-state index is 6.64. The van der Waals surface area contributed by atoms with Crippen LogP contribution in [0.4, 0.5) is 22.7 Å². The Morgan fingerprint density at radius 2 is 1.11 bits per heavy atom. The molecule has 10 aromatic carbocycles.